The number of amides is 1. The van der Waals surface area contributed by atoms with E-state index in [1.165, 1.54) is 12.1 Å². The molecule has 19 heavy (non-hydrogen) atoms. The van der Waals surface area contributed by atoms with E-state index in [4.69, 9.17) is 28.3 Å². The van der Waals surface area contributed by atoms with Gasteiger partial charge in [0.15, 0.2) is 0 Å². The van der Waals surface area contributed by atoms with Crippen molar-refractivity contribution >= 4 is 35.1 Å². The Hall–Kier alpha value is -1.33. The molecule has 102 valence electrons. The highest BCUT2D eigenvalue weighted by molar-refractivity contribution is 6.33. The third-order valence-corrected chi connectivity index (χ3v) is 3.45. The van der Waals surface area contributed by atoms with Gasteiger partial charge in [-0.25, -0.2) is 4.98 Å². The van der Waals surface area contributed by atoms with Gasteiger partial charge in [-0.3, -0.25) is 9.59 Å². The van der Waals surface area contributed by atoms with Gasteiger partial charge in [-0.05, 0) is 25.0 Å². The summed E-state index contributed by atoms with van der Waals surface area (Å²) in [6, 6.07) is 2.60. The van der Waals surface area contributed by atoms with Crippen LogP contribution in [0.1, 0.15) is 29.6 Å². The number of hydrogen-bond donors (Lipinski definition) is 1. The van der Waals surface area contributed by atoms with Crippen molar-refractivity contribution in [1.82, 2.24) is 9.88 Å². The number of aromatic nitrogens is 1. The van der Waals surface area contributed by atoms with Gasteiger partial charge in [0.1, 0.15) is 10.3 Å². The molecular weight excluding hydrogens is 291 g/mol. The molecule has 1 aromatic heterocycles. The lowest BCUT2D eigenvalue weighted by Crippen LogP contribution is -2.36. The van der Waals surface area contributed by atoms with Crippen LogP contribution >= 0.6 is 23.2 Å². The zero-order valence-corrected chi connectivity index (χ0v) is 11.5. The van der Waals surface area contributed by atoms with E-state index in [1.807, 2.05) is 0 Å². The molecule has 1 aliphatic heterocycles. The fraction of sp³-hybridized carbons (Fsp3) is 0.417. The first-order chi connectivity index (χ1) is 8.97. The lowest BCUT2D eigenvalue weighted by Gasteiger charge is -2.23. The van der Waals surface area contributed by atoms with Crippen molar-refractivity contribution in [2.45, 2.75) is 25.3 Å². The second-order valence-corrected chi connectivity index (χ2v) is 5.17. The Morgan fingerprint density at radius 3 is 2.58 bits per heavy atom. The van der Waals surface area contributed by atoms with Gasteiger partial charge >= 0.3 is 5.97 Å². The molecular formula is C12H12Cl2N2O3. The molecule has 1 unspecified atom stereocenters. The Morgan fingerprint density at radius 1 is 1.37 bits per heavy atom. The molecule has 1 aromatic rings. The van der Waals surface area contributed by atoms with E-state index in [1.54, 1.807) is 4.90 Å². The average Bonchev–Trinajstić information content (AvgIpc) is 2.73. The SMILES string of the molecule is O=C(O)CC1CCCN1C(=O)c1cc(Cl)nc(Cl)c1. The van der Waals surface area contributed by atoms with Gasteiger partial charge in [-0.15, -0.1) is 0 Å². The first-order valence-corrected chi connectivity index (χ1v) is 6.59. The Morgan fingerprint density at radius 2 is 2.00 bits per heavy atom. The number of carboxylic acid groups (broad SMARTS) is 1. The summed E-state index contributed by atoms with van der Waals surface area (Å²) in [6.45, 7) is 0.550. The van der Waals surface area contributed by atoms with Gasteiger partial charge in [0.2, 0.25) is 0 Å². The van der Waals surface area contributed by atoms with Crippen LogP contribution in [0.2, 0.25) is 10.3 Å². The van der Waals surface area contributed by atoms with Crippen LogP contribution in [0.5, 0.6) is 0 Å². The lowest BCUT2D eigenvalue weighted by molar-refractivity contribution is -0.137. The molecule has 0 bridgehead atoms. The molecule has 1 amide bonds. The summed E-state index contributed by atoms with van der Waals surface area (Å²) < 4.78 is 0. The minimum Gasteiger partial charge on any atom is -0.481 e. The van der Waals surface area contributed by atoms with E-state index in [2.05, 4.69) is 4.98 Å². The maximum absolute atomic E-state index is 12.3. The van der Waals surface area contributed by atoms with Crippen molar-refractivity contribution < 1.29 is 14.7 Å². The largest absolute Gasteiger partial charge is 0.481 e. The molecule has 0 radical (unpaired) electrons. The zero-order valence-electron chi connectivity index (χ0n) is 9.97. The minimum atomic E-state index is -0.907. The maximum atomic E-state index is 12.3. The molecule has 5 nitrogen and oxygen atoms in total. The van der Waals surface area contributed by atoms with Crippen LogP contribution in [0.25, 0.3) is 0 Å². The summed E-state index contributed by atoms with van der Waals surface area (Å²) in [4.78, 5) is 28.5. The molecule has 2 rings (SSSR count). The highest BCUT2D eigenvalue weighted by atomic mass is 35.5. The number of rotatable bonds is 3. The molecule has 7 heteroatoms. The zero-order chi connectivity index (χ0) is 14.0. The highest BCUT2D eigenvalue weighted by Gasteiger charge is 2.31. The van der Waals surface area contributed by atoms with Crippen molar-refractivity contribution in [3.63, 3.8) is 0 Å². The van der Waals surface area contributed by atoms with E-state index < -0.39 is 5.97 Å². The number of nitrogens with zero attached hydrogens (tertiary/aromatic N) is 2. The molecule has 1 saturated heterocycles. The number of carbonyl (C=O) groups excluding carboxylic acids is 1. The maximum Gasteiger partial charge on any atom is 0.305 e. The lowest BCUT2D eigenvalue weighted by atomic mass is 10.1. The number of carboxylic acids is 1. The number of pyridine rings is 1. The van der Waals surface area contributed by atoms with Crippen molar-refractivity contribution in [3.8, 4) is 0 Å². The van der Waals surface area contributed by atoms with Gasteiger partial charge in [0.25, 0.3) is 5.91 Å². The van der Waals surface area contributed by atoms with Crippen molar-refractivity contribution in [1.29, 1.82) is 0 Å². The van der Waals surface area contributed by atoms with Gasteiger partial charge in [0, 0.05) is 18.2 Å². The van der Waals surface area contributed by atoms with E-state index in [0.717, 1.165) is 6.42 Å². The molecule has 2 heterocycles. The third-order valence-electron chi connectivity index (χ3n) is 3.06. The van der Waals surface area contributed by atoms with E-state index in [0.29, 0.717) is 18.5 Å². The molecule has 1 aliphatic rings. The van der Waals surface area contributed by atoms with Crippen LogP contribution in [0, 0.1) is 0 Å². The monoisotopic (exact) mass is 302 g/mol. The van der Waals surface area contributed by atoms with Crippen molar-refractivity contribution in [3.05, 3.63) is 28.0 Å². The molecule has 0 aliphatic carbocycles. The van der Waals surface area contributed by atoms with Crippen LogP contribution in [0.3, 0.4) is 0 Å². The second-order valence-electron chi connectivity index (χ2n) is 4.39. The normalized spacial score (nSPS) is 18.6. The number of hydrogen-bond acceptors (Lipinski definition) is 3. The summed E-state index contributed by atoms with van der Waals surface area (Å²) in [5.41, 5.74) is 0.335. The van der Waals surface area contributed by atoms with Gasteiger partial charge in [-0.1, -0.05) is 23.2 Å². The fourth-order valence-electron chi connectivity index (χ4n) is 2.27. The summed E-state index contributed by atoms with van der Waals surface area (Å²) in [5, 5.41) is 9.13. The Bertz CT molecular complexity index is 501. The summed E-state index contributed by atoms with van der Waals surface area (Å²) in [5.74, 6) is -1.16. The van der Waals surface area contributed by atoms with Crippen LogP contribution < -0.4 is 0 Å². The van der Waals surface area contributed by atoms with Crippen molar-refractivity contribution in [2.24, 2.45) is 0 Å². The Balaban J connectivity index is 2.20. The fourth-order valence-corrected chi connectivity index (χ4v) is 2.73. The van der Waals surface area contributed by atoms with E-state index in [-0.39, 0.29) is 28.7 Å². The van der Waals surface area contributed by atoms with Gasteiger partial charge in [-0.2, -0.15) is 0 Å². The predicted molar refractivity (Wildman–Crippen MR) is 70.6 cm³/mol. The topological polar surface area (TPSA) is 70.5 Å². The standard InChI is InChI=1S/C12H12Cl2N2O3/c13-9-4-7(5-10(14)15-9)12(19)16-3-1-2-8(16)6-11(17)18/h4-5,8H,1-3,6H2,(H,17,18). The highest BCUT2D eigenvalue weighted by Crippen LogP contribution is 2.24. The molecule has 1 fully saturated rings. The van der Waals surface area contributed by atoms with Gasteiger partial charge < -0.3 is 10.0 Å². The van der Waals surface area contributed by atoms with Crippen LogP contribution in [-0.4, -0.2) is 39.5 Å². The minimum absolute atomic E-state index is 0.0434. The smallest absolute Gasteiger partial charge is 0.305 e. The number of halogens is 2. The Labute approximate surface area is 120 Å². The quantitative estimate of drug-likeness (QED) is 0.871. The average molecular weight is 303 g/mol. The molecule has 1 atom stereocenters. The molecule has 0 saturated carbocycles. The number of carbonyl (C=O) groups is 2. The van der Waals surface area contributed by atoms with Gasteiger partial charge in [0.05, 0.1) is 6.42 Å². The Kier molecular flexibility index (Phi) is 4.27. The van der Waals surface area contributed by atoms with Crippen molar-refractivity contribution in [2.75, 3.05) is 6.54 Å². The van der Waals surface area contributed by atoms with Crippen LogP contribution in [0.4, 0.5) is 0 Å². The second kappa shape index (κ2) is 5.75. The summed E-state index contributed by atoms with van der Waals surface area (Å²) in [7, 11) is 0. The number of aliphatic carboxylic acids is 1. The van der Waals surface area contributed by atoms with E-state index in [9.17, 15) is 9.59 Å². The first kappa shape index (κ1) is 14.1. The summed E-state index contributed by atoms with van der Waals surface area (Å²) >= 11 is 11.5. The molecule has 0 aromatic carbocycles. The van der Waals surface area contributed by atoms with Crippen LogP contribution in [-0.2, 0) is 4.79 Å². The predicted octanol–water partition coefficient (Wildman–Crippen LogP) is 2.47. The molecule has 1 N–H and O–H groups in total. The van der Waals surface area contributed by atoms with Crippen LogP contribution in [0.15, 0.2) is 12.1 Å². The molecule has 0 spiro atoms. The third kappa shape index (κ3) is 3.36. The first-order valence-electron chi connectivity index (χ1n) is 5.83. The summed E-state index contributed by atoms with van der Waals surface area (Å²) in [6.07, 6.45) is 1.46. The number of likely N-dealkylation sites (tertiary alicyclic amines) is 1. The van der Waals surface area contributed by atoms with E-state index >= 15 is 0 Å².